The van der Waals surface area contributed by atoms with E-state index in [4.69, 9.17) is 5.26 Å². The summed E-state index contributed by atoms with van der Waals surface area (Å²) >= 11 is 0. The summed E-state index contributed by atoms with van der Waals surface area (Å²) in [5.41, 5.74) is 0.787. The van der Waals surface area contributed by atoms with Crippen LogP contribution in [0, 0.1) is 17.2 Å². The highest BCUT2D eigenvalue weighted by Gasteiger charge is 2.33. The van der Waals surface area contributed by atoms with E-state index in [1.54, 1.807) is 4.90 Å². The van der Waals surface area contributed by atoms with Crippen molar-refractivity contribution in [2.45, 2.75) is 18.9 Å². The molecule has 0 aromatic carbocycles. The molecule has 2 aromatic rings. The lowest BCUT2D eigenvalue weighted by Crippen LogP contribution is -2.53. The molecule has 3 heterocycles. The lowest BCUT2D eigenvalue weighted by atomic mass is 9.90. The Labute approximate surface area is 140 Å². The van der Waals surface area contributed by atoms with E-state index in [9.17, 15) is 4.79 Å². The van der Waals surface area contributed by atoms with Gasteiger partial charge in [0.15, 0.2) is 0 Å². The van der Waals surface area contributed by atoms with Crippen molar-refractivity contribution in [2.24, 2.45) is 5.92 Å². The zero-order valence-electron chi connectivity index (χ0n) is 13.6. The van der Waals surface area contributed by atoms with Crippen molar-refractivity contribution < 1.29 is 4.79 Å². The van der Waals surface area contributed by atoms with Crippen LogP contribution in [-0.2, 0) is 4.79 Å². The van der Waals surface area contributed by atoms with E-state index in [1.807, 2.05) is 31.5 Å². The fourth-order valence-electron chi connectivity index (χ4n) is 3.34. The molecular weight excluding hydrogens is 304 g/mol. The number of H-pyrrole nitrogens is 1. The van der Waals surface area contributed by atoms with Crippen LogP contribution in [0.5, 0.6) is 0 Å². The van der Waals surface area contributed by atoms with Gasteiger partial charge in [0, 0.05) is 32.3 Å². The monoisotopic (exact) mass is 324 g/mol. The maximum atomic E-state index is 12.1. The highest BCUT2D eigenvalue weighted by Crippen LogP contribution is 2.29. The number of rotatable bonds is 4. The number of anilines is 1. The second-order valence-electron chi connectivity index (χ2n) is 5.98. The average molecular weight is 324 g/mol. The first kappa shape index (κ1) is 16.0. The van der Waals surface area contributed by atoms with E-state index >= 15 is 0 Å². The number of hydrogen-bond acceptors (Lipinski definition) is 5. The molecule has 3 rings (SSSR count). The number of carbonyl (C=O) groups excluding carboxylic acids is 1. The third-order valence-corrected chi connectivity index (χ3v) is 4.68. The van der Waals surface area contributed by atoms with Crippen LogP contribution in [0.25, 0.3) is 11.0 Å². The second kappa shape index (κ2) is 6.71. The molecular formula is C17H20N6O. The number of nitrogens with zero attached hydrogens (tertiary/aromatic N) is 5. The van der Waals surface area contributed by atoms with E-state index in [0.717, 1.165) is 23.3 Å². The maximum absolute atomic E-state index is 12.1. The van der Waals surface area contributed by atoms with Gasteiger partial charge in [0.05, 0.1) is 17.5 Å². The summed E-state index contributed by atoms with van der Waals surface area (Å²) in [5, 5.41) is 9.72. The molecule has 0 spiro atoms. The number of fused-ring (bicyclic) bond motifs is 1. The van der Waals surface area contributed by atoms with Crippen LogP contribution in [0.15, 0.2) is 31.2 Å². The first-order chi connectivity index (χ1) is 11.7. The Morgan fingerprint density at radius 2 is 2.46 bits per heavy atom. The highest BCUT2D eigenvalue weighted by atomic mass is 16.2. The molecule has 1 saturated heterocycles. The topological polar surface area (TPSA) is 88.9 Å². The van der Waals surface area contributed by atoms with Gasteiger partial charge < -0.3 is 14.8 Å². The van der Waals surface area contributed by atoms with Gasteiger partial charge in [-0.25, -0.2) is 9.97 Å². The lowest BCUT2D eigenvalue weighted by Gasteiger charge is -2.42. The number of hydrogen-bond donors (Lipinski definition) is 1. The Kier molecular flexibility index (Phi) is 4.47. The lowest BCUT2D eigenvalue weighted by molar-refractivity contribution is -0.131. The minimum Gasteiger partial charge on any atom is -0.354 e. The molecule has 124 valence electrons. The van der Waals surface area contributed by atoms with E-state index in [-0.39, 0.29) is 24.3 Å². The van der Waals surface area contributed by atoms with Crippen molar-refractivity contribution in [3.63, 3.8) is 0 Å². The molecule has 7 heteroatoms. The van der Waals surface area contributed by atoms with Crippen LogP contribution < -0.4 is 4.90 Å². The van der Waals surface area contributed by atoms with Crippen molar-refractivity contribution in [3.8, 4) is 6.07 Å². The van der Waals surface area contributed by atoms with Crippen molar-refractivity contribution in [1.29, 1.82) is 5.26 Å². The summed E-state index contributed by atoms with van der Waals surface area (Å²) in [6, 6.07) is 3.95. The Morgan fingerprint density at radius 3 is 3.21 bits per heavy atom. The third-order valence-electron chi connectivity index (χ3n) is 4.68. The summed E-state index contributed by atoms with van der Waals surface area (Å²) in [6.45, 7) is 5.16. The molecule has 2 unspecified atom stereocenters. The molecule has 7 nitrogen and oxygen atoms in total. The van der Waals surface area contributed by atoms with Gasteiger partial charge in [0.1, 0.15) is 24.2 Å². The van der Waals surface area contributed by atoms with Gasteiger partial charge in [-0.05, 0) is 12.5 Å². The largest absolute Gasteiger partial charge is 0.354 e. The van der Waals surface area contributed by atoms with E-state index in [0.29, 0.717) is 13.1 Å². The van der Waals surface area contributed by atoms with Gasteiger partial charge in [-0.2, -0.15) is 5.26 Å². The SMILES string of the molecule is C=CC1CCN(C(=O)CC#N)CC1N(C)c1ncnc2[nH]ccc12. The molecule has 1 aliphatic rings. The average Bonchev–Trinajstić information content (AvgIpc) is 3.09. The number of nitrogens with one attached hydrogen (secondary N) is 1. The van der Waals surface area contributed by atoms with Gasteiger partial charge in [-0.15, -0.1) is 6.58 Å². The zero-order valence-corrected chi connectivity index (χ0v) is 13.6. The molecule has 0 aliphatic carbocycles. The number of aromatic nitrogens is 3. The van der Waals surface area contributed by atoms with Gasteiger partial charge in [0.2, 0.25) is 5.91 Å². The molecule has 1 amide bonds. The number of nitriles is 1. The minimum absolute atomic E-state index is 0.0619. The smallest absolute Gasteiger partial charge is 0.236 e. The predicted octanol–water partition coefficient (Wildman–Crippen LogP) is 1.71. The third kappa shape index (κ3) is 2.83. The van der Waals surface area contributed by atoms with Crippen LogP contribution >= 0.6 is 0 Å². The number of carbonyl (C=O) groups is 1. The standard InChI is InChI=1S/C17H20N6O/c1-3-12-6-9-23(15(24)4-7-18)10-14(12)22(2)17-13-5-8-19-16(13)20-11-21-17/h3,5,8,11-12,14H,1,4,6,9-10H2,2H3,(H,19,20,21). The molecule has 1 fully saturated rings. The van der Waals surface area contributed by atoms with Gasteiger partial charge in [0.25, 0.3) is 0 Å². The van der Waals surface area contributed by atoms with Crippen molar-refractivity contribution in [1.82, 2.24) is 19.9 Å². The Bertz CT molecular complexity index is 792. The van der Waals surface area contributed by atoms with Crippen molar-refractivity contribution in [3.05, 3.63) is 31.2 Å². The van der Waals surface area contributed by atoms with Gasteiger partial charge in [-0.1, -0.05) is 6.08 Å². The summed E-state index contributed by atoms with van der Waals surface area (Å²) in [6.07, 6.45) is 6.07. The minimum atomic E-state index is -0.118. The summed E-state index contributed by atoms with van der Waals surface area (Å²) < 4.78 is 0. The number of likely N-dealkylation sites (tertiary alicyclic amines) is 1. The maximum Gasteiger partial charge on any atom is 0.236 e. The molecule has 0 bridgehead atoms. The van der Waals surface area contributed by atoms with E-state index < -0.39 is 0 Å². The first-order valence-corrected chi connectivity index (χ1v) is 7.94. The van der Waals surface area contributed by atoms with E-state index in [2.05, 4.69) is 26.4 Å². The van der Waals surface area contributed by atoms with Crippen LogP contribution in [0.1, 0.15) is 12.8 Å². The van der Waals surface area contributed by atoms with Crippen molar-refractivity contribution >= 4 is 22.8 Å². The van der Waals surface area contributed by atoms with Gasteiger partial charge in [-0.3, -0.25) is 4.79 Å². The second-order valence-corrected chi connectivity index (χ2v) is 5.98. The molecule has 0 radical (unpaired) electrons. The van der Waals surface area contributed by atoms with Crippen molar-refractivity contribution in [2.75, 3.05) is 25.0 Å². The molecule has 0 saturated carbocycles. The molecule has 1 N–H and O–H groups in total. The number of aromatic amines is 1. The zero-order chi connectivity index (χ0) is 17.1. The first-order valence-electron chi connectivity index (χ1n) is 7.94. The van der Waals surface area contributed by atoms with Crippen LogP contribution in [-0.4, -0.2) is 51.9 Å². The van der Waals surface area contributed by atoms with Crippen LogP contribution in [0.2, 0.25) is 0 Å². The van der Waals surface area contributed by atoms with Gasteiger partial charge >= 0.3 is 0 Å². The summed E-state index contributed by atoms with van der Waals surface area (Å²) in [7, 11) is 1.98. The quantitative estimate of drug-likeness (QED) is 0.865. The number of likely N-dealkylation sites (N-methyl/N-ethyl adjacent to an activating group) is 1. The molecule has 1 aliphatic heterocycles. The fourth-order valence-corrected chi connectivity index (χ4v) is 3.34. The molecule has 24 heavy (non-hydrogen) atoms. The number of piperidine rings is 1. The Morgan fingerprint density at radius 1 is 1.62 bits per heavy atom. The molecule has 2 atom stereocenters. The summed E-state index contributed by atoms with van der Waals surface area (Å²) in [4.78, 5) is 27.7. The summed E-state index contributed by atoms with van der Waals surface area (Å²) in [5.74, 6) is 0.964. The Hall–Kier alpha value is -2.88. The fraction of sp³-hybridized carbons (Fsp3) is 0.412. The van der Waals surface area contributed by atoms with E-state index in [1.165, 1.54) is 6.33 Å². The highest BCUT2D eigenvalue weighted by molar-refractivity contribution is 5.87. The van der Waals surface area contributed by atoms with Crippen LogP contribution in [0.3, 0.4) is 0 Å². The molecule has 2 aromatic heterocycles. The normalized spacial score (nSPS) is 20.6. The number of amides is 1. The van der Waals surface area contributed by atoms with Crippen LogP contribution in [0.4, 0.5) is 5.82 Å². The Balaban J connectivity index is 1.89. The predicted molar refractivity (Wildman–Crippen MR) is 91.2 cm³/mol.